The van der Waals surface area contributed by atoms with E-state index in [1.54, 1.807) is 25.1 Å². The van der Waals surface area contributed by atoms with E-state index in [0.29, 0.717) is 12.6 Å². The van der Waals surface area contributed by atoms with Gasteiger partial charge in [0.25, 0.3) is 0 Å². The van der Waals surface area contributed by atoms with Crippen molar-refractivity contribution in [1.29, 1.82) is 0 Å². The van der Waals surface area contributed by atoms with E-state index >= 15 is 0 Å². The lowest BCUT2D eigenvalue weighted by Crippen LogP contribution is -2.42. The van der Waals surface area contributed by atoms with Gasteiger partial charge in [0.15, 0.2) is 0 Å². The zero-order valence-electron chi connectivity index (χ0n) is 9.97. The minimum atomic E-state index is -0.465. The second-order valence-corrected chi connectivity index (χ2v) is 4.66. The van der Waals surface area contributed by atoms with Crippen molar-refractivity contribution in [2.24, 2.45) is 5.73 Å². The summed E-state index contributed by atoms with van der Waals surface area (Å²) in [5, 5.41) is 9.40. The van der Waals surface area contributed by atoms with Gasteiger partial charge >= 0.3 is 0 Å². The van der Waals surface area contributed by atoms with Crippen molar-refractivity contribution in [3.05, 3.63) is 29.8 Å². The number of nitrogens with two attached hydrogens (primary N) is 1. The molecule has 1 aliphatic rings. The Hall–Kier alpha value is -1.55. The molecule has 1 saturated carbocycles. The second kappa shape index (κ2) is 4.75. The molecule has 0 heterocycles. The normalized spacial score (nSPS) is 16.6. The molecule has 0 saturated heterocycles. The van der Waals surface area contributed by atoms with Gasteiger partial charge in [-0.15, -0.1) is 0 Å². The van der Waals surface area contributed by atoms with Crippen LogP contribution in [0.2, 0.25) is 0 Å². The number of hydrogen-bond donors (Lipinski definition) is 2. The Bertz CT molecular complexity index is 414. The third-order valence-corrected chi connectivity index (χ3v) is 2.92. The summed E-state index contributed by atoms with van der Waals surface area (Å²) in [5.41, 5.74) is 6.58. The maximum atomic E-state index is 12.0. The molecule has 1 aromatic rings. The lowest BCUT2D eigenvalue weighted by molar-refractivity contribution is -0.133. The fourth-order valence-corrected chi connectivity index (χ4v) is 1.89. The molecule has 0 unspecified atom stereocenters. The molecule has 2 rings (SSSR count). The van der Waals surface area contributed by atoms with Gasteiger partial charge in [0.05, 0.1) is 6.04 Å². The van der Waals surface area contributed by atoms with Gasteiger partial charge in [-0.05, 0) is 37.5 Å². The predicted octanol–water partition coefficient (Wildman–Crippen LogP) is 1.23. The van der Waals surface area contributed by atoms with E-state index < -0.39 is 6.04 Å². The first kappa shape index (κ1) is 11.9. The Kier molecular flexibility index (Phi) is 3.33. The Morgan fingerprint density at radius 3 is 2.82 bits per heavy atom. The van der Waals surface area contributed by atoms with E-state index in [4.69, 9.17) is 5.73 Å². The minimum absolute atomic E-state index is 0.0177. The third kappa shape index (κ3) is 2.97. The minimum Gasteiger partial charge on any atom is -0.508 e. The van der Waals surface area contributed by atoms with Crippen LogP contribution in [-0.4, -0.2) is 28.0 Å². The first-order valence-corrected chi connectivity index (χ1v) is 5.92. The van der Waals surface area contributed by atoms with Gasteiger partial charge < -0.3 is 15.7 Å². The summed E-state index contributed by atoms with van der Waals surface area (Å²) in [4.78, 5) is 13.8. The number of phenols is 1. The number of rotatable bonds is 4. The molecular weight excluding hydrogens is 216 g/mol. The van der Waals surface area contributed by atoms with Crippen LogP contribution in [0.4, 0.5) is 0 Å². The average Bonchev–Trinajstić information content (AvgIpc) is 3.09. The smallest absolute Gasteiger partial charge is 0.239 e. The molecule has 0 aromatic heterocycles. The Morgan fingerprint density at radius 1 is 1.59 bits per heavy atom. The molecule has 4 heteroatoms. The Labute approximate surface area is 101 Å². The number of amides is 1. The Morgan fingerprint density at radius 2 is 2.29 bits per heavy atom. The van der Waals surface area contributed by atoms with Crippen molar-refractivity contribution in [2.45, 2.75) is 38.4 Å². The molecule has 1 fully saturated rings. The number of carbonyl (C=O) groups is 1. The molecule has 1 atom stereocenters. The van der Waals surface area contributed by atoms with Crippen LogP contribution >= 0.6 is 0 Å². The quantitative estimate of drug-likeness (QED) is 0.823. The van der Waals surface area contributed by atoms with Crippen LogP contribution in [0.1, 0.15) is 25.3 Å². The lowest BCUT2D eigenvalue weighted by atomic mass is 10.2. The van der Waals surface area contributed by atoms with Crippen molar-refractivity contribution >= 4 is 5.91 Å². The van der Waals surface area contributed by atoms with Crippen LogP contribution in [0, 0.1) is 0 Å². The van der Waals surface area contributed by atoms with Crippen molar-refractivity contribution < 1.29 is 9.90 Å². The first-order valence-electron chi connectivity index (χ1n) is 5.92. The molecule has 4 nitrogen and oxygen atoms in total. The molecule has 17 heavy (non-hydrogen) atoms. The van der Waals surface area contributed by atoms with Gasteiger partial charge in [-0.3, -0.25) is 4.79 Å². The molecule has 0 radical (unpaired) electrons. The van der Waals surface area contributed by atoms with Gasteiger partial charge in [-0.1, -0.05) is 12.1 Å². The van der Waals surface area contributed by atoms with E-state index in [-0.39, 0.29) is 11.7 Å². The van der Waals surface area contributed by atoms with E-state index in [2.05, 4.69) is 0 Å². The number of carbonyl (C=O) groups excluding carboxylic acids is 1. The molecule has 1 amide bonds. The van der Waals surface area contributed by atoms with E-state index in [1.807, 2.05) is 11.0 Å². The monoisotopic (exact) mass is 234 g/mol. The highest BCUT2D eigenvalue weighted by molar-refractivity contribution is 5.81. The third-order valence-electron chi connectivity index (χ3n) is 2.92. The van der Waals surface area contributed by atoms with E-state index in [9.17, 15) is 9.90 Å². The molecule has 0 bridgehead atoms. The second-order valence-electron chi connectivity index (χ2n) is 4.66. The number of benzene rings is 1. The van der Waals surface area contributed by atoms with Crippen LogP contribution in [0.5, 0.6) is 5.75 Å². The standard InChI is InChI=1S/C13H18N2O2/c1-9(14)13(17)15(11-5-6-11)8-10-3-2-4-12(16)7-10/h2-4,7,9,11,16H,5-6,8,14H2,1H3/t9-/m0/s1. The highest BCUT2D eigenvalue weighted by atomic mass is 16.3. The average molecular weight is 234 g/mol. The summed E-state index contributed by atoms with van der Waals surface area (Å²) in [6, 6.07) is 6.86. The fourth-order valence-electron chi connectivity index (χ4n) is 1.89. The van der Waals surface area contributed by atoms with E-state index in [1.165, 1.54) is 0 Å². The van der Waals surface area contributed by atoms with E-state index in [0.717, 1.165) is 18.4 Å². The van der Waals surface area contributed by atoms with Crippen LogP contribution < -0.4 is 5.73 Å². The molecule has 1 aromatic carbocycles. The summed E-state index contributed by atoms with van der Waals surface area (Å²) < 4.78 is 0. The summed E-state index contributed by atoms with van der Waals surface area (Å²) in [5.74, 6) is 0.210. The van der Waals surface area contributed by atoms with Crippen LogP contribution in [0.3, 0.4) is 0 Å². The molecule has 0 spiro atoms. The van der Waals surface area contributed by atoms with Crippen molar-refractivity contribution in [3.63, 3.8) is 0 Å². The summed E-state index contributed by atoms with van der Waals surface area (Å²) >= 11 is 0. The summed E-state index contributed by atoms with van der Waals surface area (Å²) in [7, 11) is 0. The molecule has 3 N–H and O–H groups in total. The summed E-state index contributed by atoms with van der Waals surface area (Å²) in [6.45, 7) is 2.24. The van der Waals surface area contributed by atoms with Crippen LogP contribution in [-0.2, 0) is 11.3 Å². The van der Waals surface area contributed by atoms with Gasteiger partial charge in [-0.25, -0.2) is 0 Å². The van der Waals surface area contributed by atoms with Gasteiger partial charge in [0.2, 0.25) is 5.91 Å². The van der Waals surface area contributed by atoms with Crippen molar-refractivity contribution in [2.75, 3.05) is 0 Å². The predicted molar refractivity (Wildman–Crippen MR) is 65.3 cm³/mol. The Balaban J connectivity index is 2.10. The van der Waals surface area contributed by atoms with Crippen molar-refractivity contribution in [3.8, 4) is 5.75 Å². The molecule has 1 aliphatic carbocycles. The number of aromatic hydroxyl groups is 1. The van der Waals surface area contributed by atoms with Crippen LogP contribution in [0.25, 0.3) is 0 Å². The highest BCUT2D eigenvalue weighted by Gasteiger charge is 2.33. The lowest BCUT2D eigenvalue weighted by Gasteiger charge is -2.24. The summed E-state index contributed by atoms with van der Waals surface area (Å²) in [6.07, 6.45) is 2.11. The van der Waals surface area contributed by atoms with Crippen molar-refractivity contribution in [1.82, 2.24) is 4.90 Å². The number of hydrogen-bond acceptors (Lipinski definition) is 3. The topological polar surface area (TPSA) is 66.6 Å². The van der Waals surface area contributed by atoms with Gasteiger partial charge in [0, 0.05) is 12.6 Å². The maximum absolute atomic E-state index is 12.0. The molecular formula is C13H18N2O2. The maximum Gasteiger partial charge on any atom is 0.239 e. The van der Waals surface area contributed by atoms with Crippen LogP contribution in [0.15, 0.2) is 24.3 Å². The van der Waals surface area contributed by atoms with Gasteiger partial charge in [-0.2, -0.15) is 0 Å². The largest absolute Gasteiger partial charge is 0.508 e. The molecule has 92 valence electrons. The molecule has 0 aliphatic heterocycles. The zero-order valence-corrected chi connectivity index (χ0v) is 9.97. The highest BCUT2D eigenvalue weighted by Crippen LogP contribution is 2.29. The fraction of sp³-hybridized carbons (Fsp3) is 0.462. The zero-order chi connectivity index (χ0) is 12.4. The van der Waals surface area contributed by atoms with Gasteiger partial charge in [0.1, 0.15) is 5.75 Å². The first-order chi connectivity index (χ1) is 8.08. The SMILES string of the molecule is C[C@H](N)C(=O)N(Cc1cccc(O)c1)C1CC1. The number of nitrogens with zero attached hydrogens (tertiary/aromatic N) is 1. The number of phenolic OH excluding ortho intramolecular Hbond substituents is 1.